The number of carbonyl (C=O) groups excluding carboxylic acids is 3. The van der Waals surface area contributed by atoms with Crippen LogP contribution in [0, 0.1) is 6.92 Å². The van der Waals surface area contributed by atoms with E-state index in [-0.39, 0.29) is 19.1 Å². The van der Waals surface area contributed by atoms with Crippen molar-refractivity contribution >= 4 is 29.4 Å². The first kappa shape index (κ1) is 19.8. The number of aryl methyl sites for hydroxylation is 1. The fourth-order valence-corrected chi connectivity index (χ4v) is 3.22. The molecular formula is C19H22N2O7. The number of hydrogen-bond donors (Lipinski definition) is 1. The van der Waals surface area contributed by atoms with E-state index in [9.17, 15) is 24.3 Å². The Morgan fingerprint density at radius 3 is 2.54 bits per heavy atom. The van der Waals surface area contributed by atoms with E-state index in [1.54, 1.807) is 30.0 Å². The number of carbonyl (C=O) groups is 4. The summed E-state index contributed by atoms with van der Waals surface area (Å²) in [6, 6.07) is 5.10. The molecule has 1 N–H and O–H groups in total. The van der Waals surface area contributed by atoms with Crippen LogP contribution in [0.15, 0.2) is 18.2 Å². The van der Waals surface area contributed by atoms with Gasteiger partial charge in [-0.2, -0.15) is 0 Å². The minimum atomic E-state index is -1.74. The first-order valence-electron chi connectivity index (χ1n) is 9.02. The van der Waals surface area contributed by atoms with Gasteiger partial charge in [0.05, 0.1) is 6.61 Å². The lowest BCUT2D eigenvalue weighted by atomic mass is 10.0. The summed E-state index contributed by atoms with van der Waals surface area (Å²) in [5, 5.41) is 9.34. The Labute approximate surface area is 161 Å². The summed E-state index contributed by atoms with van der Waals surface area (Å²) >= 11 is 0. The van der Waals surface area contributed by atoms with Crippen molar-refractivity contribution < 1.29 is 33.8 Å². The topological polar surface area (TPSA) is 113 Å². The highest BCUT2D eigenvalue weighted by atomic mass is 16.6. The number of likely N-dealkylation sites (tertiary alicyclic amines) is 1. The molecular weight excluding hydrogens is 368 g/mol. The second-order valence-corrected chi connectivity index (χ2v) is 6.80. The van der Waals surface area contributed by atoms with E-state index in [0.717, 1.165) is 18.9 Å². The summed E-state index contributed by atoms with van der Waals surface area (Å²) in [6.45, 7) is 4.56. The molecule has 2 atom stereocenters. The van der Waals surface area contributed by atoms with Gasteiger partial charge in [0.2, 0.25) is 6.10 Å². The van der Waals surface area contributed by atoms with Crippen molar-refractivity contribution in [3.05, 3.63) is 29.3 Å². The van der Waals surface area contributed by atoms with Crippen molar-refractivity contribution in [2.24, 2.45) is 0 Å². The van der Waals surface area contributed by atoms with Gasteiger partial charge in [-0.3, -0.25) is 14.4 Å². The molecule has 2 saturated heterocycles. The molecule has 0 aliphatic carbocycles. The molecule has 0 aromatic heterocycles. The van der Waals surface area contributed by atoms with Crippen LogP contribution < -0.4 is 4.90 Å². The average Bonchev–Trinajstić information content (AvgIpc) is 2.59. The molecule has 2 unspecified atom stereocenters. The lowest BCUT2D eigenvalue weighted by Crippen LogP contribution is -2.55. The van der Waals surface area contributed by atoms with Gasteiger partial charge in [0, 0.05) is 37.8 Å². The summed E-state index contributed by atoms with van der Waals surface area (Å²) in [5.74, 6) is -3.02. The maximum absolute atomic E-state index is 12.9. The highest BCUT2D eigenvalue weighted by molar-refractivity contribution is 6.02. The Kier molecular flexibility index (Phi) is 5.64. The van der Waals surface area contributed by atoms with E-state index in [1.165, 1.54) is 4.90 Å². The quantitative estimate of drug-likeness (QED) is 0.732. The van der Waals surface area contributed by atoms with Gasteiger partial charge in [-0.1, -0.05) is 6.07 Å². The molecule has 2 heterocycles. The zero-order valence-corrected chi connectivity index (χ0v) is 15.7. The predicted octanol–water partition coefficient (Wildman–Crippen LogP) is 0.589. The van der Waals surface area contributed by atoms with E-state index in [4.69, 9.17) is 9.47 Å². The molecule has 9 heteroatoms. The highest BCUT2D eigenvalue weighted by Crippen LogP contribution is 2.27. The Bertz CT molecular complexity index is 819. The van der Waals surface area contributed by atoms with Crippen LogP contribution in [0.3, 0.4) is 0 Å². The molecule has 0 radical (unpaired) electrons. The minimum absolute atomic E-state index is 0.0746. The highest BCUT2D eigenvalue weighted by Gasteiger charge is 2.43. The number of ether oxygens (including phenoxy) is 2. The van der Waals surface area contributed by atoms with Crippen molar-refractivity contribution in [2.45, 2.75) is 32.5 Å². The second kappa shape index (κ2) is 7.97. The maximum Gasteiger partial charge on any atom is 0.348 e. The van der Waals surface area contributed by atoms with Crippen LogP contribution in [0.5, 0.6) is 0 Å². The number of morpholine rings is 1. The van der Waals surface area contributed by atoms with Crippen LogP contribution in [0.1, 0.15) is 29.3 Å². The smallest absolute Gasteiger partial charge is 0.348 e. The molecule has 9 nitrogen and oxygen atoms in total. The van der Waals surface area contributed by atoms with Gasteiger partial charge in [0.25, 0.3) is 11.8 Å². The number of esters is 1. The van der Waals surface area contributed by atoms with Gasteiger partial charge in [-0.05, 0) is 31.0 Å². The molecule has 0 spiro atoms. The number of amides is 2. The number of rotatable bonds is 5. The van der Waals surface area contributed by atoms with E-state index in [1.807, 2.05) is 0 Å². The van der Waals surface area contributed by atoms with E-state index in [2.05, 4.69) is 0 Å². The minimum Gasteiger partial charge on any atom is -0.478 e. The SMILES string of the molecule is CC(=O)OC(C(=O)O)C1OCCN(c2cc(C(=O)N3CCC3)ccc2C)C1=O. The van der Waals surface area contributed by atoms with Gasteiger partial charge in [-0.25, -0.2) is 4.79 Å². The number of anilines is 1. The zero-order valence-electron chi connectivity index (χ0n) is 15.7. The fourth-order valence-electron chi connectivity index (χ4n) is 3.22. The van der Waals surface area contributed by atoms with Crippen molar-refractivity contribution in [2.75, 3.05) is 31.1 Å². The van der Waals surface area contributed by atoms with Crippen molar-refractivity contribution in [3.8, 4) is 0 Å². The first-order valence-corrected chi connectivity index (χ1v) is 9.02. The Hall–Kier alpha value is -2.94. The lowest BCUT2D eigenvalue weighted by molar-refractivity contribution is -0.177. The molecule has 1 aromatic carbocycles. The van der Waals surface area contributed by atoms with Crippen LogP contribution in [-0.4, -0.2) is 72.2 Å². The first-order chi connectivity index (χ1) is 13.3. The Balaban J connectivity index is 1.88. The number of nitrogens with zero attached hydrogens (tertiary/aromatic N) is 2. The van der Waals surface area contributed by atoms with Gasteiger partial charge in [0.1, 0.15) is 0 Å². The summed E-state index contributed by atoms with van der Waals surface area (Å²) in [6.07, 6.45) is -2.22. The van der Waals surface area contributed by atoms with Crippen LogP contribution in [-0.2, 0) is 23.9 Å². The summed E-state index contributed by atoms with van der Waals surface area (Å²) in [5.41, 5.74) is 1.73. The zero-order chi connectivity index (χ0) is 20.4. The van der Waals surface area contributed by atoms with Gasteiger partial charge < -0.3 is 24.4 Å². The summed E-state index contributed by atoms with van der Waals surface area (Å²) in [7, 11) is 0. The van der Waals surface area contributed by atoms with E-state index < -0.39 is 30.1 Å². The number of benzene rings is 1. The molecule has 0 bridgehead atoms. The fraction of sp³-hybridized carbons (Fsp3) is 0.474. The van der Waals surface area contributed by atoms with Gasteiger partial charge in [0.15, 0.2) is 6.10 Å². The molecule has 2 amide bonds. The predicted molar refractivity (Wildman–Crippen MR) is 97.0 cm³/mol. The summed E-state index contributed by atoms with van der Waals surface area (Å²) in [4.78, 5) is 51.2. The monoisotopic (exact) mass is 390 g/mol. The molecule has 2 aliphatic rings. The molecule has 2 fully saturated rings. The molecule has 3 rings (SSSR count). The third-order valence-electron chi connectivity index (χ3n) is 4.82. The second-order valence-electron chi connectivity index (χ2n) is 6.80. The van der Waals surface area contributed by atoms with Crippen molar-refractivity contribution in [1.82, 2.24) is 4.90 Å². The number of hydrogen-bond acceptors (Lipinski definition) is 6. The Morgan fingerprint density at radius 1 is 1.25 bits per heavy atom. The molecule has 2 aliphatic heterocycles. The maximum atomic E-state index is 12.9. The van der Waals surface area contributed by atoms with Crippen LogP contribution >= 0.6 is 0 Å². The molecule has 28 heavy (non-hydrogen) atoms. The molecule has 150 valence electrons. The number of aliphatic carboxylic acids is 1. The van der Waals surface area contributed by atoms with Crippen molar-refractivity contribution in [3.63, 3.8) is 0 Å². The van der Waals surface area contributed by atoms with E-state index in [0.29, 0.717) is 24.3 Å². The summed E-state index contributed by atoms with van der Waals surface area (Å²) < 4.78 is 10.1. The van der Waals surface area contributed by atoms with Gasteiger partial charge >= 0.3 is 11.9 Å². The third kappa shape index (κ3) is 3.84. The largest absolute Gasteiger partial charge is 0.478 e. The molecule has 1 aromatic rings. The Morgan fingerprint density at radius 2 is 1.96 bits per heavy atom. The third-order valence-corrected chi connectivity index (χ3v) is 4.82. The van der Waals surface area contributed by atoms with Crippen LogP contribution in [0.2, 0.25) is 0 Å². The van der Waals surface area contributed by atoms with Crippen LogP contribution in [0.4, 0.5) is 5.69 Å². The van der Waals surface area contributed by atoms with E-state index >= 15 is 0 Å². The number of carboxylic acids is 1. The average molecular weight is 390 g/mol. The van der Waals surface area contributed by atoms with Crippen molar-refractivity contribution in [1.29, 1.82) is 0 Å². The number of carboxylic acid groups (broad SMARTS) is 1. The normalized spacial score (nSPS) is 20.4. The lowest BCUT2D eigenvalue weighted by Gasteiger charge is -2.35. The van der Waals surface area contributed by atoms with Gasteiger partial charge in [-0.15, -0.1) is 0 Å². The standard InChI is InChI=1S/C19H22N2O7/c1-11-4-5-13(17(23)20-6-3-7-20)10-14(11)21-8-9-27-15(18(21)24)16(19(25)26)28-12(2)22/h4-5,10,15-16H,3,6-9H2,1-2H3,(H,25,26). The molecule has 0 saturated carbocycles. The van der Waals surface area contributed by atoms with Crippen LogP contribution in [0.25, 0.3) is 0 Å².